The standard InChI is InChI=1S/C12H10BrF6N5O2/c1-23-8(7(13)9(22-23)12(17,18)19)10(25)21-6-2-20-24(3-6)5-26-4-11(14,15)16/h2-3H,4-5H2,1H3,(H,21,25). The molecule has 0 aliphatic carbocycles. The zero-order valence-electron chi connectivity index (χ0n) is 12.8. The minimum absolute atomic E-state index is 0.0484. The van der Waals surface area contributed by atoms with Crippen LogP contribution in [0.4, 0.5) is 32.0 Å². The maximum Gasteiger partial charge on any atom is 0.436 e. The number of hydrogen-bond acceptors (Lipinski definition) is 4. The number of ether oxygens (including phenoxy) is 1. The van der Waals surface area contributed by atoms with E-state index in [0.29, 0.717) is 0 Å². The molecule has 0 unspecified atom stereocenters. The highest BCUT2D eigenvalue weighted by atomic mass is 79.9. The monoisotopic (exact) mass is 449 g/mol. The fourth-order valence-corrected chi connectivity index (χ4v) is 2.61. The number of aromatic nitrogens is 4. The van der Waals surface area contributed by atoms with Gasteiger partial charge in [-0.15, -0.1) is 0 Å². The Morgan fingerprint density at radius 3 is 2.50 bits per heavy atom. The van der Waals surface area contributed by atoms with Gasteiger partial charge in [-0.1, -0.05) is 0 Å². The van der Waals surface area contributed by atoms with Crippen LogP contribution in [0.15, 0.2) is 16.9 Å². The minimum Gasteiger partial charge on any atom is -0.350 e. The highest BCUT2D eigenvalue weighted by Crippen LogP contribution is 2.35. The van der Waals surface area contributed by atoms with Crippen LogP contribution in [0.2, 0.25) is 0 Å². The summed E-state index contributed by atoms with van der Waals surface area (Å²) in [6.45, 7) is -2.00. The van der Waals surface area contributed by atoms with Crippen molar-refractivity contribution in [2.24, 2.45) is 7.05 Å². The summed E-state index contributed by atoms with van der Waals surface area (Å²) in [5.41, 5.74) is -1.60. The van der Waals surface area contributed by atoms with Crippen LogP contribution in [0, 0.1) is 0 Å². The number of nitrogens with zero attached hydrogens (tertiary/aromatic N) is 4. The van der Waals surface area contributed by atoms with Crippen molar-refractivity contribution in [2.45, 2.75) is 19.1 Å². The Morgan fingerprint density at radius 1 is 1.31 bits per heavy atom. The third-order valence-electron chi connectivity index (χ3n) is 2.85. The molecule has 0 aromatic carbocycles. The van der Waals surface area contributed by atoms with E-state index in [1.54, 1.807) is 0 Å². The first-order valence-corrected chi connectivity index (χ1v) is 7.46. The average molecular weight is 450 g/mol. The minimum atomic E-state index is -4.75. The predicted octanol–water partition coefficient (Wildman–Crippen LogP) is 3.19. The Kier molecular flexibility index (Phi) is 5.65. The highest BCUT2D eigenvalue weighted by Gasteiger charge is 2.39. The maximum atomic E-state index is 12.8. The van der Waals surface area contributed by atoms with E-state index in [0.717, 1.165) is 28.8 Å². The first-order valence-electron chi connectivity index (χ1n) is 6.66. The fourth-order valence-electron chi connectivity index (χ4n) is 1.87. The van der Waals surface area contributed by atoms with Gasteiger partial charge in [0.2, 0.25) is 0 Å². The smallest absolute Gasteiger partial charge is 0.350 e. The number of anilines is 1. The Morgan fingerprint density at radius 2 is 1.96 bits per heavy atom. The van der Waals surface area contributed by atoms with Crippen LogP contribution < -0.4 is 5.32 Å². The van der Waals surface area contributed by atoms with Gasteiger partial charge in [0.05, 0.1) is 22.6 Å². The number of nitrogens with one attached hydrogen (secondary N) is 1. The summed E-state index contributed by atoms with van der Waals surface area (Å²) in [6, 6.07) is 0. The van der Waals surface area contributed by atoms with E-state index >= 15 is 0 Å². The van der Waals surface area contributed by atoms with Crippen molar-refractivity contribution in [2.75, 3.05) is 11.9 Å². The molecule has 0 radical (unpaired) electrons. The van der Waals surface area contributed by atoms with Gasteiger partial charge in [0.25, 0.3) is 5.91 Å². The summed E-state index contributed by atoms with van der Waals surface area (Å²) in [5.74, 6) is -0.918. The summed E-state index contributed by atoms with van der Waals surface area (Å²) < 4.78 is 79.9. The lowest BCUT2D eigenvalue weighted by Gasteiger charge is -2.07. The molecule has 0 bridgehead atoms. The number of alkyl halides is 6. The van der Waals surface area contributed by atoms with Crippen LogP contribution in [0.5, 0.6) is 0 Å². The molecule has 2 heterocycles. The normalized spacial score (nSPS) is 12.5. The summed E-state index contributed by atoms with van der Waals surface area (Å²) >= 11 is 2.70. The summed E-state index contributed by atoms with van der Waals surface area (Å²) in [4.78, 5) is 12.2. The molecule has 0 aliphatic rings. The molecule has 2 aromatic rings. The molecule has 26 heavy (non-hydrogen) atoms. The molecule has 0 saturated carbocycles. The summed E-state index contributed by atoms with van der Waals surface area (Å²) in [7, 11) is 1.16. The van der Waals surface area contributed by atoms with Gasteiger partial charge in [-0.25, -0.2) is 4.68 Å². The second kappa shape index (κ2) is 7.26. The van der Waals surface area contributed by atoms with E-state index in [4.69, 9.17) is 0 Å². The molecule has 2 aromatic heterocycles. The molecule has 144 valence electrons. The first-order chi connectivity index (χ1) is 11.9. The zero-order valence-corrected chi connectivity index (χ0v) is 14.4. The van der Waals surface area contributed by atoms with E-state index < -0.39 is 47.5 Å². The van der Waals surface area contributed by atoms with Gasteiger partial charge >= 0.3 is 12.4 Å². The van der Waals surface area contributed by atoms with Gasteiger partial charge in [-0.05, 0) is 15.9 Å². The average Bonchev–Trinajstić information content (AvgIpc) is 3.01. The van der Waals surface area contributed by atoms with Gasteiger partial charge in [0, 0.05) is 7.05 Å². The molecule has 2 rings (SSSR count). The van der Waals surface area contributed by atoms with Gasteiger partial charge in [-0.2, -0.15) is 36.5 Å². The van der Waals surface area contributed by atoms with Crippen molar-refractivity contribution >= 4 is 27.5 Å². The van der Waals surface area contributed by atoms with Gasteiger partial charge in [0.15, 0.2) is 5.69 Å². The first kappa shape index (κ1) is 20.2. The SMILES string of the molecule is Cn1nc(C(F)(F)F)c(Br)c1C(=O)Nc1cnn(COCC(F)(F)F)c1. The van der Waals surface area contributed by atoms with Crippen LogP contribution in [0.1, 0.15) is 16.2 Å². The lowest BCUT2D eigenvalue weighted by atomic mass is 10.3. The fraction of sp³-hybridized carbons (Fsp3) is 0.417. The van der Waals surface area contributed by atoms with E-state index in [-0.39, 0.29) is 5.69 Å². The van der Waals surface area contributed by atoms with Gasteiger partial charge in [0.1, 0.15) is 19.0 Å². The van der Waals surface area contributed by atoms with Crippen molar-refractivity contribution in [3.8, 4) is 0 Å². The number of carbonyl (C=O) groups excluding carboxylic acids is 1. The van der Waals surface area contributed by atoms with Crippen molar-refractivity contribution in [1.82, 2.24) is 19.6 Å². The lowest BCUT2D eigenvalue weighted by Crippen LogP contribution is -2.18. The lowest BCUT2D eigenvalue weighted by molar-refractivity contribution is -0.182. The third-order valence-corrected chi connectivity index (χ3v) is 3.60. The van der Waals surface area contributed by atoms with Crippen molar-refractivity contribution < 1.29 is 35.9 Å². The Bertz CT molecular complexity index is 797. The van der Waals surface area contributed by atoms with E-state index in [2.05, 4.69) is 36.2 Å². The topological polar surface area (TPSA) is 74.0 Å². The molecular weight excluding hydrogens is 440 g/mol. The summed E-state index contributed by atoms with van der Waals surface area (Å²) in [6.07, 6.45) is -6.99. The molecule has 14 heteroatoms. The van der Waals surface area contributed by atoms with E-state index in [1.165, 1.54) is 0 Å². The second-order valence-electron chi connectivity index (χ2n) is 4.95. The van der Waals surface area contributed by atoms with E-state index in [1.807, 2.05) is 0 Å². The number of amides is 1. The summed E-state index contributed by atoms with van der Waals surface area (Å²) in [5, 5.41) is 9.19. The molecule has 7 nitrogen and oxygen atoms in total. The van der Waals surface area contributed by atoms with Crippen molar-refractivity contribution in [3.05, 3.63) is 28.3 Å². The molecule has 1 N–H and O–H groups in total. The van der Waals surface area contributed by atoms with Crippen LogP contribution in [0.3, 0.4) is 0 Å². The largest absolute Gasteiger partial charge is 0.436 e. The molecule has 0 atom stereocenters. The highest BCUT2D eigenvalue weighted by molar-refractivity contribution is 9.10. The Labute approximate surface area is 150 Å². The van der Waals surface area contributed by atoms with Crippen LogP contribution in [-0.4, -0.2) is 38.3 Å². The molecule has 0 aliphatic heterocycles. The number of rotatable bonds is 5. The molecule has 0 saturated heterocycles. The Hall–Kier alpha value is -2.09. The predicted molar refractivity (Wildman–Crippen MR) is 78.1 cm³/mol. The maximum absolute atomic E-state index is 12.8. The number of carbonyl (C=O) groups is 1. The van der Waals surface area contributed by atoms with Gasteiger partial charge in [-0.3, -0.25) is 9.48 Å². The number of hydrogen-bond donors (Lipinski definition) is 1. The van der Waals surface area contributed by atoms with Gasteiger partial charge < -0.3 is 10.1 Å². The molecule has 0 spiro atoms. The van der Waals surface area contributed by atoms with Crippen molar-refractivity contribution in [1.29, 1.82) is 0 Å². The molecule has 1 amide bonds. The van der Waals surface area contributed by atoms with Crippen molar-refractivity contribution in [3.63, 3.8) is 0 Å². The number of aryl methyl sites for hydroxylation is 1. The quantitative estimate of drug-likeness (QED) is 0.711. The van der Waals surface area contributed by atoms with Crippen LogP contribution in [-0.2, 0) is 24.7 Å². The number of halogens is 7. The van der Waals surface area contributed by atoms with Crippen LogP contribution in [0.25, 0.3) is 0 Å². The third kappa shape index (κ3) is 4.97. The second-order valence-corrected chi connectivity index (χ2v) is 5.74. The van der Waals surface area contributed by atoms with Crippen LogP contribution >= 0.6 is 15.9 Å². The molecule has 0 fully saturated rings. The zero-order chi connectivity index (χ0) is 19.7. The Balaban J connectivity index is 2.06. The molecular formula is C12H10BrF6N5O2. The van der Waals surface area contributed by atoms with E-state index in [9.17, 15) is 31.1 Å².